The topological polar surface area (TPSA) is 38.0 Å². The van der Waals surface area contributed by atoms with Crippen LogP contribution in [0.25, 0.3) is 0 Å². The second-order valence-corrected chi connectivity index (χ2v) is 6.04. The molecule has 0 aromatic heterocycles. The van der Waals surface area contributed by atoms with E-state index in [-0.39, 0.29) is 5.02 Å². The molecule has 1 aromatic rings. The fourth-order valence-corrected chi connectivity index (χ4v) is 3.32. The molecule has 0 aliphatic carbocycles. The Labute approximate surface area is 110 Å². The number of rotatable bonds is 3. The van der Waals surface area contributed by atoms with Crippen LogP contribution < -0.4 is 11.1 Å². The molecule has 1 heterocycles. The van der Waals surface area contributed by atoms with Gasteiger partial charge in [0.25, 0.3) is 0 Å². The molecule has 1 saturated heterocycles. The van der Waals surface area contributed by atoms with E-state index < -0.39 is 5.82 Å². The van der Waals surface area contributed by atoms with Gasteiger partial charge >= 0.3 is 0 Å². The number of anilines is 2. The Morgan fingerprint density at radius 3 is 3.00 bits per heavy atom. The maximum absolute atomic E-state index is 13.3. The van der Waals surface area contributed by atoms with Crippen molar-refractivity contribution >= 4 is 34.7 Å². The van der Waals surface area contributed by atoms with E-state index in [1.165, 1.54) is 37.1 Å². The van der Waals surface area contributed by atoms with Crippen LogP contribution in [0.5, 0.6) is 0 Å². The number of nitrogens with two attached hydrogens (primary N) is 1. The molecule has 0 spiro atoms. The van der Waals surface area contributed by atoms with Crippen molar-refractivity contribution in [1.29, 1.82) is 0 Å². The highest BCUT2D eigenvalue weighted by Gasteiger charge is 2.14. The van der Waals surface area contributed by atoms with Crippen LogP contribution in [-0.4, -0.2) is 17.5 Å². The summed E-state index contributed by atoms with van der Waals surface area (Å²) >= 11 is 7.62. The molecule has 17 heavy (non-hydrogen) atoms. The van der Waals surface area contributed by atoms with Crippen molar-refractivity contribution < 1.29 is 4.39 Å². The number of nitrogen functional groups attached to an aromatic ring is 1. The smallest absolute Gasteiger partial charge is 0.143 e. The molecule has 1 aliphatic heterocycles. The number of nitrogens with one attached hydrogen (secondary N) is 1. The summed E-state index contributed by atoms with van der Waals surface area (Å²) in [5, 5.41) is 3.87. The molecule has 0 amide bonds. The maximum Gasteiger partial charge on any atom is 0.143 e. The molecule has 3 N–H and O–H groups in total. The summed E-state index contributed by atoms with van der Waals surface area (Å²) in [6, 6.07) is 2.82. The molecule has 1 fully saturated rings. The number of hydrogen-bond acceptors (Lipinski definition) is 3. The monoisotopic (exact) mass is 274 g/mol. The van der Waals surface area contributed by atoms with E-state index in [0.29, 0.717) is 16.6 Å². The van der Waals surface area contributed by atoms with E-state index in [0.717, 1.165) is 6.54 Å². The molecule has 5 heteroatoms. The van der Waals surface area contributed by atoms with Gasteiger partial charge in [0.05, 0.1) is 16.4 Å². The predicted molar refractivity (Wildman–Crippen MR) is 74.4 cm³/mol. The zero-order chi connectivity index (χ0) is 12.3. The highest BCUT2D eigenvalue weighted by Crippen LogP contribution is 2.28. The van der Waals surface area contributed by atoms with E-state index in [4.69, 9.17) is 17.3 Å². The Morgan fingerprint density at radius 1 is 1.47 bits per heavy atom. The minimum Gasteiger partial charge on any atom is -0.397 e. The SMILES string of the molecule is Nc1cc(Cl)c(F)cc1NCC1CCCCS1. The van der Waals surface area contributed by atoms with Gasteiger partial charge in [-0.25, -0.2) is 4.39 Å². The second kappa shape index (κ2) is 5.83. The Balaban J connectivity index is 1.96. The molecule has 0 bridgehead atoms. The van der Waals surface area contributed by atoms with Crippen LogP contribution in [0.1, 0.15) is 19.3 Å². The summed E-state index contributed by atoms with van der Waals surface area (Å²) in [7, 11) is 0. The van der Waals surface area contributed by atoms with Crippen molar-refractivity contribution in [3.8, 4) is 0 Å². The molecule has 1 atom stereocenters. The zero-order valence-corrected chi connectivity index (χ0v) is 11.1. The van der Waals surface area contributed by atoms with Gasteiger partial charge in [-0.1, -0.05) is 18.0 Å². The van der Waals surface area contributed by atoms with Crippen LogP contribution in [0.3, 0.4) is 0 Å². The van der Waals surface area contributed by atoms with Crippen LogP contribution in [0.4, 0.5) is 15.8 Å². The minimum absolute atomic E-state index is 0.0695. The number of hydrogen-bond donors (Lipinski definition) is 2. The number of halogens is 2. The maximum atomic E-state index is 13.3. The molecule has 1 unspecified atom stereocenters. The van der Waals surface area contributed by atoms with Crippen molar-refractivity contribution in [2.75, 3.05) is 23.3 Å². The Morgan fingerprint density at radius 2 is 2.29 bits per heavy atom. The van der Waals surface area contributed by atoms with Crippen LogP contribution >= 0.6 is 23.4 Å². The fraction of sp³-hybridized carbons (Fsp3) is 0.500. The number of thioether (sulfide) groups is 1. The summed E-state index contributed by atoms with van der Waals surface area (Å²) in [5.41, 5.74) is 6.92. The normalized spacial score (nSPS) is 20.2. The summed E-state index contributed by atoms with van der Waals surface area (Å²) < 4.78 is 13.3. The van der Waals surface area contributed by atoms with Crippen molar-refractivity contribution in [2.45, 2.75) is 24.5 Å². The predicted octanol–water partition coefficient (Wildman–Crippen LogP) is 3.76. The lowest BCUT2D eigenvalue weighted by Crippen LogP contribution is -2.20. The lowest BCUT2D eigenvalue weighted by Gasteiger charge is -2.22. The van der Waals surface area contributed by atoms with E-state index in [1.54, 1.807) is 0 Å². The Hall–Kier alpha value is -0.610. The second-order valence-electron chi connectivity index (χ2n) is 4.22. The van der Waals surface area contributed by atoms with Gasteiger partial charge in [-0.2, -0.15) is 11.8 Å². The van der Waals surface area contributed by atoms with Crippen molar-refractivity contribution in [1.82, 2.24) is 0 Å². The van der Waals surface area contributed by atoms with Gasteiger partial charge < -0.3 is 11.1 Å². The zero-order valence-electron chi connectivity index (χ0n) is 9.51. The van der Waals surface area contributed by atoms with Crippen molar-refractivity contribution in [3.05, 3.63) is 23.0 Å². The van der Waals surface area contributed by atoms with Crippen LogP contribution in [0.2, 0.25) is 5.02 Å². The Kier molecular flexibility index (Phi) is 4.40. The minimum atomic E-state index is -0.431. The first-order valence-corrected chi connectivity index (χ1v) is 7.19. The molecule has 0 radical (unpaired) electrons. The standard InChI is InChI=1S/C12H16ClFN2S/c13-9-5-11(15)12(6-10(9)14)16-7-8-3-1-2-4-17-8/h5-6,8,16H,1-4,7,15H2. The molecular weight excluding hydrogens is 259 g/mol. The molecule has 1 aromatic carbocycles. The van der Waals surface area contributed by atoms with Crippen LogP contribution in [0, 0.1) is 5.82 Å². The van der Waals surface area contributed by atoms with Gasteiger partial charge in [0.2, 0.25) is 0 Å². The van der Waals surface area contributed by atoms with Crippen LogP contribution in [0.15, 0.2) is 12.1 Å². The molecule has 1 aliphatic rings. The van der Waals surface area contributed by atoms with Crippen LogP contribution in [-0.2, 0) is 0 Å². The fourth-order valence-electron chi connectivity index (χ4n) is 1.91. The molecule has 2 rings (SSSR count). The Bertz CT molecular complexity index is 394. The first-order valence-electron chi connectivity index (χ1n) is 5.77. The molecular formula is C12H16ClFN2S. The lowest BCUT2D eigenvalue weighted by atomic mass is 10.2. The lowest BCUT2D eigenvalue weighted by molar-refractivity contribution is 0.628. The van der Waals surface area contributed by atoms with Gasteiger partial charge in [0, 0.05) is 17.9 Å². The summed E-state index contributed by atoms with van der Waals surface area (Å²) in [6.45, 7) is 0.829. The highest BCUT2D eigenvalue weighted by molar-refractivity contribution is 7.99. The average Bonchev–Trinajstić information content (AvgIpc) is 2.33. The summed E-state index contributed by atoms with van der Waals surface area (Å²) in [4.78, 5) is 0. The van der Waals surface area contributed by atoms with E-state index in [9.17, 15) is 4.39 Å². The van der Waals surface area contributed by atoms with Gasteiger partial charge in [0.1, 0.15) is 5.82 Å². The molecule has 0 saturated carbocycles. The van der Waals surface area contributed by atoms with Gasteiger partial charge in [-0.3, -0.25) is 0 Å². The quantitative estimate of drug-likeness (QED) is 0.824. The van der Waals surface area contributed by atoms with Crippen molar-refractivity contribution in [2.24, 2.45) is 0 Å². The first kappa shape index (κ1) is 12.8. The third-order valence-electron chi connectivity index (χ3n) is 2.89. The van der Waals surface area contributed by atoms with E-state index in [1.807, 2.05) is 11.8 Å². The third kappa shape index (κ3) is 3.42. The van der Waals surface area contributed by atoms with E-state index >= 15 is 0 Å². The van der Waals surface area contributed by atoms with Gasteiger partial charge in [-0.15, -0.1) is 0 Å². The van der Waals surface area contributed by atoms with Gasteiger partial charge in [-0.05, 0) is 24.7 Å². The summed E-state index contributed by atoms with van der Waals surface area (Å²) in [5.74, 6) is 0.788. The number of benzene rings is 1. The van der Waals surface area contributed by atoms with Gasteiger partial charge in [0.15, 0.2) is 0 Å². The average molecular weight is 275 g/mol. The molecule has 94 valence electrons. The van der Waals surface area contributed by atoms with Crippen molar-refractivity contribution in [3.63, 3.8) is 0 Å². The third-order valence-corrected chi connectivity index (χ3v) is 4.57. The molecule has 2 nitrogen and oxygen atoms in total. The van der Waals surface area contributed by atoms with E-state index in [2.05, 4.69) is 5.32 Å². The summed E-state index contributed by atoms with van der Waals surface area (Å²) in [6.07, 6.45) is 3.80. The first-order chi connectivity index (χ1) is 8.16. The highest BCUT2D eigenvalue weighted by atomic mass is 35.5. The largest absolute Gasteiger partial charge is 0.397 e.